The third-order valence-electron chi connectivity index (χ3n) is 6.62. The molecule has 1 aromatic carbocycles. The molecule has 5 rings (SSSR count). The minimum absolute atomic E-state index is 0.126. The van der Waals surface area contributed by atoms with Gasteiger partial charge in [-0.3, -0.25) is 19.7 Å². The van der Waals surface area contributed by atoms with Crippen LogP contribution in [0.2, 0.25) is 0 Å². The lowest BCUT2D eigenvalue weighted by molar-refractivity contribution is -0.136. The molecule has 3 N–H and O–H groups in total. The summed E-state index contributed by atoms with van der Waals surface area (Å²) in [5.74, 6) is 0.211. The largest absolute Gasteiger partial charge is 0.381 e. The fourth-order valence-electron chi connectivity index (χ4n) is 5.10. The predicted octanol–water partition coefficient (Wildman–Crippen LogP) is -0.228. The summed E-state index contributed by atoms with van der Waals surface area (Å²) in [6.45, 7) is 4.71. The molecule has 154 valence electrons. The first-order chi connectivity index (χ1) is 14.1. The van der Waals surface area contributed by atoms with Crippen LogP contribution in [-0.2, 0) is 27.4 Å². The van der Waals surface area contributed by atoms with Crippen LogP contribution < -0.4 is 16.0 Å². The molecule has 2 bridgehead atoms. The molecule has 4 heterocycles. The molecule has 0 spiro atoms. The van der Waals surface area contributed by atoms with Gasteiger partial charge in [-0.2, -0.15) is 0 Å². The monoisotopic (exact) mass is 398 g/mol. The van der Waals surface area contributed by atoms with Gasteiger partial charge in [0.1, 0.15) is 6.04 Å². The average Bonchev–Trinajstić information content (AvgIpc) is 3.02. The first-order valence-corrected chi connectivity index (χ1v) is 10.4. The Bertz CT molecular complexity index is 835. The Labute approximate surface area is 169 Å². The van der Waals surface area contributed by atoms with Crippen molar-refractivity contribution < 1.29 is 19.1 Å². The van der Waals surface area contributed by atoms with Crippen LogP contribution in [0.3, 0.4) is 0 Å². The van der Waals surface area contributed by atoms with Gasteiger partial charge >= 0.3 is 0 Å². The SMILES string of the molecule is O=C1CCC(N2Cc3cc(CNC4C5CNCC4COC5)ccc3C2=O)C(=O)N1. The van der Waals surface area contributed by atoms with E-state index in [1.165, 1.54) is 0 Å². The third-order valence-corrected chi connectivity index (χ3v) is 6.62. The maximum atomic E-state index is 12.8. The summed E-state index contributed by atoms with van der Waals surface area (Å²) in [7, 11) is 0. The predicted molar refractivity (Wildman–Crippen MR) is 104 cm³/mol. The van der Waals surface area contributed by atoms with Gasteiger partial charge in [0.15, 0.2) is 0 Å². The minimum atomic E-state index is -0.566. The number of imide groups is 1. The lowest BCUT2D eigenvalue weighted by Gasteiger charge is -2.43. The number of carbonyl (C=O) groups excluding carboxylic acids is 3. The number of amides is 3. The van der Waals surface area contributed by atoms with E-state index < -0.39 is 6.04 Å². The third kappa shape index (κ3) is 3.45. The van der Waals surface area contributed by atoms with Crippen molar-refractivity contribution in [3.63, 3.8) is 0 Å². The highest BCUT2D eigenvalue weighted by atomic mass is 16.5. The number of carbonyl (C=O) groups is 3. The molecule has 3 fully saturated rings. The minimum Gasteiger partial charge on any atom is -0.381 e. The van der Waals surface area contributed by atoms with Crippen molar-refractivity contribution in [2.24, 2.45) is 11.8 Å². The highest BCUT2D eigenvalue weighted by Gasteiger charge is 2.39. The van der Waals surface area contributed by atoms with E-state index in [0.717, 1.165) is 44.0 Å². The summed E-state index contributed by atoms with van der Waals surface area (Å²) in [6.07, 6.45) is 0.660. The zero-order valence-corrected chi connectivity index (χ0v) is 16.3. The van der Waals surface area contributed by atoms with Crippen LogP contribution in [0.5, 0.6) is 0 Å². The fourth-order valence-corrected chi connectivity index (χ4v) is 5.10. The highest BCUT2D eigenvalue weighted by molar-refractivity contribution is 6.05. The second-order valence-corrected chi connectivity index (χ2v) is 8.51. The Morgan fingerprint density at radius 3 is 2.69 bits per heavy atom. The van der Waals surface area contributed by atoms with Crippen molar-refractivity contribution >= 4 is 17.7 Å². The van der Waals surface area contributed by atoms with E-state index >= 15 is 0 Å². The molecule has 8 heteroatoms. The average molecular weight is 398 g/mol. The van der Waals surface area contributed by atoms with Gasteiger partial charge in [0.05, 0.1) is 13.2 Å². The topological polar surface area (TPSA) is 99.8 Å². The van der Waals surface area contributed by atoms with E-state index in [4.69, 9.17) is 4.74 Å². The summed E-state index contributed by atoms with van der Waals surface area (Å²) < 4.78 is 5.70. The zero-order chi connectivity index (χ0) is 20.0. The molecule has 3 unspecified atom stereocenters. The summed E-state index contributed by atoms with van der Waals surface area (Å²) >= 11 is 0. The van der Waals surface area contributed by atoms with Crippen molar-refractivity contribution in [1.29, 1.82) is 0 Å². The van der Waals surface area contributed by atoms with Crippen molar-refractivity contribution in [3.05, 3.63) is 34.9 Å². The summed E-state index contributed by atoms with van der Waals surface area (Å²) in [5, 5.41) is 9.53. The number of hydrogen-bond acceptors (Lipinski definition) is 6. The van der Waals surface area contributed by atoms with Gasteiger partial charge in [0.2, 0.25) is 11.8 Å². The molecule has 0 saturated carbocycles. The molecule has 1 aromatic rings. The van der Waals surface area contributed by atoms with Crippen molar-refractivity contribution in [1.82, 2.24) is 20.9 Å². The summed E-state index contributed by atoms with van der Waals surface area (Å²) in [6, 6.07) is 5.81. The number of ether oxygens (including phenoxy) is 1. The van der Waals surface area contributed by atoms with Gasteiger partial charge in [-0.15, -0.1) is 0 Å². The number of rotatable bonds is 4. The lowest BCUT2D eigenvalue weighted by Crippen LogP contribution is -2.59. The van der Waals surface area contributed by atoms with E-state index in [1.54, 1.807) is 4.90 Å². The van der Waals surface area contributed by atoms with E-state index in [2.05, 4.69) is 22.0 Å². The maximum Gasteiger partial charge on any atom is 0.255 e. The lowest BCUT2D eigenvalue weighted by atomic mass is 9.83. The Morgan fingerprint density at radius 2 is 1.93 bits per heavy atom. The molecular weight excluding hydrogens is 372 g/mol. The molecule has 0 aliphatic carbocycles. The second-order valence-electron chi connectivity index (χ2n) is 8.51. The van der Waals surface area contributed by atoms with Gasteiger partial charge in [0, 0.05) is 56.0 Å². The Morgan fingerprint density at radius 1 is 1.14 bits per heavy atom. The number of hydrogen-bond donors (Lipinski definition) is 3. The smallest absolute Gasteiger partial charge is 0.255 e. The molecular formula is C21H26N4O4. The number of benzene rings is 1. The fraction of sp³-hybridized carbons (Fsp3) is 0.571. The molecule has 3 amide bonds. The molecule has 0 radical (unpaired) electrons. The molecule has 29 heavy (non-hydrogen) atoms. The van der Waals surface area contributed by atoms with Crippen LogP contribution in [0.1, 0.15) is 34.3 Å². The van der Waals surface area contributed by atoms with Crippen molar-refractivity contribution in [2.75, 3.05) is 26.3 Å². The number of fused-ring (bicyclic) bond motifs is 3. The molecule has 0 aromatic heterocycles. The van der Waals surface area contributed by atoms with Crippen LogP contribution in [0, 0.1) is 11.8 Å². The highest BCUT2D eigenvalue weighted by Crippen LogP contribution is 2.29. The number of nitrogens with zero attached hydrogens (tertiary/aromatic N) is 1. The van der Waals surface area contributed by atoms with Crippen LogP contribution in [-0.4, -0.2) is 61.0 Å². The van der Waals surface area contributed by atoms with Crippen LogP contribution >= 0.6 is 0 Å². The van der Waals surface area contributed by atoms with Crippen LogP contribution in [0.25, 0.3) is 0 Å². The van der Waals surface area contributed by atoms with E-state index in [1.807, 2.05) is 12.1 Å². The zero-order valence-electron chi connectivity index (χ0n) is 16.3. The van der Waals surface area contributed by atoms with Gasteiger partial charge in [-0.1, -0.05) is 12.1 Å². The Kier molecular flexibility index (Phi) is 4.85. The molecule has 4 aliphatic rings. The molecule has 3 saturated heterocycles. The standard InChI is InChI=1S/C21H26N4O4/c26-18-4-3-17(20(27)24-18)25-9-13-5-12(1-2-16(13)21(25)28)6-23-19-14-7-22-8-15(19)11-29-10-14/h1-2,5,14-15,17,19,22-23H,3-4,6-11H2,(H,24,26,27). The molecule has 8 nitrogen and oxygen atoms in total. The number of piperidine rings is 2. The first kappa shape index (κ1) is 18.7. The van der Waals surface area contributed by atoms with Crippen LogP contribution in [0.4, 0.5) is 0 Å². The second kappa shape index (κ2) is 7.51. The van der Waals surface area contributed by atoms with Crippen LogP contribution in [0.15, 0.2) is 18.2 Å². The van der Waals surface area contributed by atoms with E-state index in [9.17, 15) is 14.4 Å². The van der Waals surface area contributed by atoms with Gasteiger partial charge in [-0.25, -0.2) is 0 Å². The van der Waals surface area contributed by atoms with Gasteiger partial charge in [0.25, 0.3) is 5.91 Å². The Balaban J connectivity index is 1.26. The molecule has 4 aliphatic heterocycles. The van der Waals surface area contributed by atoms with Crippen molar-refractivity contribution in [2.45, 2.75) is 38.0 Å². The maximum absolute atomic E-state index is 12.8. The van der Waals surface area contributed by atoms with Crippen molar-refractivity contribution in [3.8, 4) is 0 Å². The number of nitrogens with one attached hydrogen (secondary N) is 3. The van der Waals surface area contributed by atoms with Gasteiger partial charge in [-0.05, 0) is 23.6 Å². The first-order valence-electron chi connectivity index (χ1n) is 10.4. The normalized spacial score (nSPS) is 31.6. The quantitative estimate of drug-likeness (QED) is 0.606. The molecule has 3 atom stereocenters. The Hall–Kier alpha value is -2.29. The van der Waals surface area contributed by atoms with E-state index in [0.29, 0.717) is 36.4 Å². The summed E-state index contributed by atoms with van der Waals surface area (Å²) in [5.41, 5.74) is 2.75. The van der Waals surface area contributed by atoms with E-state index in [-0.39, 0.29) is 24.1 Å². The summed E-state index contributed by atoms with van der Waals surface area (Å²) in [4.78, 5) is 38.0. The van der Waals surface area contributed by atoms with Gasteiger partial charge < -0.3 is 20.3 Å².